The van der Waals surface area contributed by atoms with Crippen molar-refractivity contribution in [3.8, 4) is 0 Å². The zero-order valence-electron chi connectivity index (χ0n) is 16.3. The van der Waals surface area contributed by atoms with Crippen molar-refractivity contribution in [3.05, 3.63) is 65.2 Å². The van der Waals surface area contributed by atoms with Crippen molar-refractivity contribution in [2.45, 2.75) is 39.3 Å². The molecule has 2 fully saturated rings. The Morgan fingerprint density at radius 3 is 2.52 bits per heavy atom. The van der Waals surface area contributed by atoms with Gasteiger partial charge in [-0.3, -0.25) is 14.8 Å². The van der Waals surface area contributed by atoms with Crippen molar-refractivity contribution >= 4 is 0 Å². The van der Waals surface area contributed by atoms with E-state index in [4.69, 9.17) is 0 Å². The van der Waals surface area contributed by atoms with Crippen LogP contribution in [0.15, 0.2) is 42.7 Å². The number of likely N-dealkylation sites (tertiary alicyclic amines) is 2. The molecule has 3 nitrogen and oxygen atoms in total. The first-order valence-electron chi connectivity index (χ1n) is 10.3. The second kappa shape index (κ2) is 8.49. The van der Waals surface area contributed by atoms with E-state index < -0.39 is 0 Å². The molecular formula is C23H30FN3. The van der Waals surface area contributed by atoms with E-state index in [0.29, 0.717) is 0 Å². The minimum absolute atomic E-state index is 0.0794. The number of rotatable bonds is 5. The van der Waals surface area contributed by atoms with E-state index in [-0.39, 0.29) is 5.82 Å². The molecule has 27 heavy (non-hydrogen) atoms. The van der Waals surface area contributed by atoms with Crippen molar-refractivity contribution in [1.82, 2.24) is 14.8 Å². The number of halogens is 1. The topological polar surface area (TPSA) is 19.4 Å². The SMILES string of the molecule is Cc1c(F)cccc1CN1CC[C@@H](C2CCN(Cc3cccnc3)CC2)C1. The summed E-state index contributed by atoms with van der Waals surface area (Å²) in [4.78, 5) is 9.31. The molecule has 2 saturated heterocycles. The largest absolute Gasteiger partial charge is 0.299 e. The van der Waals surface area contributed by atoms with E-state index >= 15 is 0 Å². The van der Waals surface area contributed by atoms with Crippen LogP contribution in [0.25, 0.3) is 0 Å². The fourth-order valence-electron chi connectivity index (χ4n) is 4.79. The van der Waals surface area contributed by atoms with Gasteiger partial charge in [-0.2, -0.15) is 0 Å². The molecule has 2 aliphatic heterocycles. The zero-order valence-corrected chi connectivity index (χ0v) is 16.3. The molecule has 0 aliphatic carbocycles. The number of nitrogens with zero attached hydrogens (tertiary/aromatic N) is 3. The summed E-state index contributed by atoms with van der Waals surface area (Å²) in [6.07, 6.45) is 7.72. The number of hydrogen-bond donors (Lipinski definition) is 0. The van der Waals surface area contributed by atoms with Gasteiger partial charge in [-0.15, -0.1) is 0 Å². The van der Waals surface area contributed by atoms with Gasteiger partial charge in [0, 0.05) is 32.0 Å². The summed E-state index contributed by atoms with van der Waals surface area (Å²) in [5, 5.41) is 0. The van der Waals surface area contributed by atoms with Gasteiger partial charge in [0.15, 0.2) is 0 Å². The van der Waals surface area contributed by atoms with Crippen molar-refractivity contribution in [2.75, 3.05) is 26.2 Å². The van der Waals surface area contributed by atoms with Crippen LogP contribution in [0.3, 0.4) is 0 Å². The maximum atomic E-state index is 13.8. The summed E-state index contributed by atoms with van der Waals surface area (Å²) in [6.45, 7) is 8.52. The molecule has 4 heteroatoms. The van der Waals surface area contributed by atoms with Gasteiger partial charge in [0.05, 0.1) is 0 Å². The summed E-state index contributed by atoms with van der Waals surface area (Å²) in [7, 11) is 0. The van der Waals surface area contributed by atoms with E-state index in [1.54, 1.807) is 6.07 Å². The van der Waals surface area contributed by atoms with Crippen molar-refractivity contribution < 1.29 is 4.39 Å². The molecule has 0 radical (unpaired) electrons. The lowest BCUT2D eigenvalue weighted by Crippen LogP contribution is -2.36. The Bertz CT molecular complexity index is 741. The minimum atomic E-state index is -0.0794. The van der Waals surface area contributed by atoms with Crippen LogP contribution in [0.2, 0.25) is 0 Å². The average Bonchev–Trinajstić information content (AvgIpc) is 3.15. The number of hydrogen-bond acceptors (Lipinski definition) is 3. The van der Waals surface area contributed by atoms with Gasteiger partial charge in [-0.1, -0.05) is 18.2 Å². The Balaban J connectivity index is 1.26. The van der Waals surface area contributed by atoms with Gasteiger partial charge in [0.2, 0.25) is 0 Å². The summed E-state index contributed by atoms with van der Waals surface area (Å²) in [5.74, 6) is 1.57. The molecule has 144 valence electrons. The molecular weight excluding hydrogens is 337 g/mol. The highest BCUT2D eigenvalue weighted by Gasteiger charge is 2.32. The number of piperidine rings is 1. The van der Waals surface area contributed by atoms with Gasteiger partial charge in [0.1, 0.15) is 5.82 Å². The molecule has 1 aromatic carbocycles. The van der Waals surface area contributed by atoms with E-state index in [9.17, 15) is 4.39 Å². The molecule has 0 amide bonds. The van der Waals surface area contributed by atoms with Crippen LogP contribution < -0.4 is 0 Å². The van der Waals surface area contributed by atoms with Crippen LogP contribution in [0.1, 0.15) is 36.0 Å². The molecule has 1 atom stereocenters. The predicted octanol–water partition coefficient (Wildman–Crippen LogP) is 4.26. The Kier molecular flexibility index (Phi) is 5.84. The van der Waals surface area contributed by atoms with Crippen LogP contribution in [0, 0.1) is 24.6 Å². The van der Waals surface area contributed by atoms with Crippen molar-refractivity contribution in [3.63, 3.8) is 0 Å². The van der Waals surface area contributed by atoms with Crippen LogP contribution in [0.5, 0.6) is 0 Å². The van der Waals surface area contributed by atoms with Crippen molar-refractivity contribution in [1.29, 1.82) is 0 Å². The fourth-order valence-corrected chi connectivity index (χ4v) is 4.79. The van der Waals surface area contributed by atoms with Gasteiger partial charge in [-0.05, 0) is 86.5 Å². The van der Waals surface area contributed by atoms with Crippen LogP contribution in [-0.2, 0) is 13.1 Å². The van der Waals surface area contributed by atoms with Gasteiger partial charge in [-0.25, -0.2) is 4.39 Å². The van der Waals surface area contributed by atoms with Crippen LogP contribution >= 0.6 is 0 Å². The first-order chi connectivity index (χ1) is 13.2. The molecule has 4 rings (SSSR count). The molecule has 2 aliphatic rings. The first kappa shape index (κ1) is 18.6. The fraction of sp³-hybridized carbons (Fsp3) is 0.522. The number of benzene rings is 1. The smallest absolute Gasteiger partial charge is 0.126 e. The number of pyridine rings is 1. The third kappa shape index (κ3) is 4.56. The predicted molar refractivity (Wildman–Crippen MR) is 107 cm³/mol. The second-order valence-corrected chi connectivity index (χ2v) is 8.28. The van der Waals surface area contributed by atoms with Gasteiger partial charge in [0.25, 0.3) is 0 Å². The Morgan fingerprint density at radius 2 is 1.74 bits per heavy atom. The maximum Gasteiger partial charge on any atom is 0.126 e. The highest BCUT2D eigenvalue weighted by molar-refractivity contribution is 5.27. The lowest BCUT2D eigenvalue weighted by molar-refractivity contribution is 0.141. The first-order valence-corrected chi connectivity index (χ1v) is 10.3. The monoisotopic (exact) mass is 367 g/mol. The van der Waals surface area contributed by atoms with Crippen LogP contribution in [0.4, 0.5) is 4.39 Å². The zero-order chi connectivity index (χ0) is 18.6. The van der Waals surface area contributed by atoms with E-state index in [1.165, 1.54) is 44.5 Å². The third-order valence-corrected chi connectivity index (χ3v) is 6.51. The minimum Gasteiger partial charge on any atom is -0.299 e. The summed E-state index contributed by atoms with van der Waals surface area (Å²) >= 11 is 0. The van der Waals surface area contributed by atoms with Crippen LogP contribution in [-0.4, -0.2) is 41.0 Å². The summed E-state index contributed by atoms with van der Waals surface area (Å²) < 4.78 is 13.8. The Labute approximate surface area is 162 Å². The average molecular weight is 368 g/mol. The normalized spacial score (nSPS) is 22.4. The summed E-state index contributed by atoms with van der Waals surface area (Å²) in [5.41, 5.74) is 3.26. The molecule has 3 heterocycles. The lowest BCUT2D eigenvalue weighted by Gasteiger charge is -2.35. The van der Waals surface area contributed by atoms with E-state index in [2.05, 4.69) is 26.9 Å². The number of aromatic nitrogens is 1. The van der Waals surface area contributed by atoms with E-state index in [1.807, 2.05) is 31.5 Å². The lowest BCUT2D eigenvalue weighted by atomic mass is 9.83. The highest BCUT2D eigenvalue weighted by Crippen LogP contribution is 2.33. The third-order valence-electron chi connectivity index (χ3n) is 6.51. The van der Waals surface area contributed by atoms with Gasteiger partial charge < -0.3 is 0 Å². The molecule has 0 spiro atoms. The maximum absolute atomic E-state index is 13.8. The van der Waals surface area contributed by atoms with Crippen molar-refractivity contribution in [2.24, 2.45) is 11.8 Å². The highest BCUT2D eigenvalue weighted by atomic mass is 19.1. The Morgan fingerprint density at radius 1 is 0.963 bits per heavy atom. The molecule has 0 N–H and O–H groups in total. The summed E-state index contributed by atoms with van der Waals surface area (Å²) in [6, 6.07) is 9.66. The molecule has 2 aromatic rings. The molecule has 0 unspecified atom stereocenters. The van der Waals surface area contributed by atoms with E-state index in [0.717, 1.165) is 42.6 Å². The molecule has 0 saturated carbocycles. The standard InChI is InChI=1S/C23H30FN3/c1-18-21(5-2-6-23(18)24)16-27-13-9-22(17-27)20-7-11-26(12-8-20)15-19-4-3-10-25-14-19/h2-6,10,14,20,22H,7-9,11-13,15-17H2,1H3/t22-/m1/s1. The molecule has 1 aromatic heterocycles. The quantitative estimate of drug-likeness (QED) is 0.787. The molecule has 0 bridgehead atoms. The van der Waals surface area contributed by atoms with Gasteiger partial charge >= 0.3 is 0 Å². The Hall–Kier alpha value is -1.78. The second-order valence-electron chi connectivity index (χ2n) is 8.28.